The third-order valence-corrected chi connectivity index (χ3v) is 4.35. The van der Waals surface area contributed by atoms with Crippen molar-refractivity contribution in [3.63, 3.8) is 0 Å². The van der Waals surface area contributed by atoms with Crippen molar-refractivity contribution in [3.8, 4) is 0 Å². The highest BCUT2D eigenvalue weighted by Crippen LogP contribution is 2.41. The summed E-state index contributed by atoms with van der Waals surface area (Å²) in [5, 5.41) is 4.66. The average Bonchev–Trinajstić information content (AvgIpc) is 3.15. The molecule has 0 radical (unpaired) electrons. The predicted octanol–water partition coefficient (Wildman–Crippen LogP) is 3.29. The molecule has 3 rings (SSSR count). The van der Waals surface area contributed by atoms with E-state index in [0.717, 1.165) is 36.2 Å². The van der Waals surface area contributed by atoms with Gasteiger partial charge < -0.3 is 5.32 Å². The molecule has 0 bridgehead atoms. The van der Waals surface area contributed by atoms with Crippen LogP contribution in [0.5, 0.6) is 0 Å². The smallest absolute Gasteiger partial charge is 0.130 e. The first-order valence-corrected chi connectivity index (χ1v) is 7.59. The molecule has 0 atom stereocenters. The van der Waals surface area contributed by atoms with Gasteiger partial charge in [-0.05, 0) is 26.2 Å². The maximum atomic E-state index is 4.49. The zero-order valence-corrected chi connectivity index (χ0v) is 12.1. The van der Waals surface area contributed by atoms with E-state index in [4.69, 9.17) is 0 Å². The Hall–Kier alpha value is -1.49. The Morgan fingerprint density at radius 3 is 2.95 bits per heavy atom. The Bertz CT molecular complexity index is 575. The maximum Gasteiger partial charge on any atom is 0.130 e. The highest BCUT2D eigenvalue weighted by molar-refractivity contribution is 7.11. The van der Waals surface area contributed by atoms with E-state index >= 15 is 0 Å². The number of aryl methyl sites for hydroxylation is 2. The van der Waals surface area contributed by atoms with Crippen molar-refractivity contribution in [3.05, 3.63) is 33.7 Å². The molecule has 2 aromatic rings. The van der Waals surface area contributed by atoms with Crippen LogP contribution in [0.15, 0.2) is 12.3 Å². The Balaban J connectivity index is 1.65. The summed E-state index contributed by atoms with van der Waals surface area (Å²) in [6.45, 7) is 4.84. The van der Waals surface area contributed by atoms with E-state index in [-0.39, 0.29) is 0 Å². The summed E-state index contributed by atoms with van der Waals surface area (Å²) in [6.07, 6.45) is 5.54. The Kier molecular flexibility index (Phi) is 3.46. The summed E-state index contributed by atoms with van der Waals surface area (Å²) in [7, 11) is 0. The molecule has 2 heterocycles. The molecule has 1 saturated carbocycles. The van der Waals surface area contributed by atoms with Crippen LogP contribution in [-0.2, 0) is 13.0 Å². The molecular weight excluding hydrogens is 256 g/mol. The van der Waals surface area contributed by atoms with Gasteiger partial charge in [0.25, 0.3) is 0 Å². The fraction of sp³-hybridized carbons (Fsp3) is 0.500. The van der Waals surface area contributed by atoms with Gasteiger partial charge in [0.05, 0.1) is 11.6 Å². The fourth-order valence-electron chi connectivity index (χ4n) is 2.00. The van der Waals surface area contributed by atoms with E-state index in [1.807, 2.05) is 30.5 Å². The van der Waals surface area contributed by atoms with Gasteiger partial charge >= 0.3 is 0 Å². The minimum Gasteiger partial charge on any atom is -0.365 e. The van der Waals surface area contributed by atoms with Gasteiger partial charge in [-0.15, -0.1) is 11.3 Å². The monoisotopic (exact) mass is 274 g/mol. The van der Waals surface area contributed by atoms with Gasteiger partial charge in [0.1, 0.15) is 11.6 Å². The summed E-state index contributed by atoms with van der Waals surface area (Å²) in [4.78, 5) is 14.6. The molecule has 1 fully saturated rings. The van der Waals surface area contributed by atoms with Crippen LogP contribution in [0.1, 0.15) is 47.1 Å². The van der Waals surface area contributed by atoms with E-state index in [2.05, 4.69) is 27.2 Å². The van der Waals surface area contributed by atoms with E-state index in [0.29, 0.717) is 0 Å². The largest absolute Gasteiger partial charge is 0.365 e. The molecule has 1 aliphatic rings. The number of hydrogen-bond donors (Lipinski definition) is 1. The molecule has 0 spiro atoms. The number of nitrogens with zero attached hydrogens (tertiary/aromatic N) is 3. The van der Waals surface area contributed by atoms with Crippen LogP contribution in [-0.4, -0.2) is 15.0 Å². The molecule has 100 valence electrons. The maximum absolute atomic E-state index is 4.49. The molecule has 5 heteroatoms. The third-order valence-electron chi connectivity index (χ3n) is 3.20. The van der Waals surface area contributed by atoms with Crippen LogP contribution >= 0.6 is 11.3 Å². The summed E-state index contributed by atoms with van der Waals surface area (Å²) >= 11 is 1.82. The second-order valence-electron chi connectivity index (χ2n) is 4.94. The second-order valence-corrected chi connectivity index (χ2v) is 6.08. The summed E-state index contributed by atoms with van der Waals surface area (Å²) in [5.41, 5.74) is 1.08. The first-order chi connectivity index (χ1) is 9.24. The first kappa shape index (κ1) is 12.5. The lowest BCUT2D eigenvalue weighted by Crippen LogP contribution is -2.03. The zero-order valence-electron chi connectivity index (χ0n) is 11.3. The predicted molar refractivity (Wildman–Crippen MR) is 77.6 cm³/mol. The minimum absolute atomic E-state index is 0.742. The molecule has 0 unspecified atom stereocenters. The third kappa shape index (κ3) is 3.10. The molecule has 1 aliphatic carbocycles. The van der Waals surface area contributed by atoms with E-state index in [1.54, 1.807) is 0 Å². The second kappa shape index (κ2) is 5.25. The fourth-order valence-corrected chi connectivity index (χ4v) is 3.03. The topological polar surface area (TPSA) is 50.7 Å². The Morgan fingerprint density at radius 1 is 1.37 bits per heavy atom. The van der Waals surface area contributed by atoms with Crippen molar-refractivity contribution in [2.45, 2.75) is 45.6 Å². The number of nitrogens with one attached hydrogen (secondary N) is 1. The van der Waals surface area contributed by atoms with Gasteiger partial charge in [-0.2, -0.15) is 0 Å². The van der Waals surface area contributed by atoms with Crippen molar-refractivity contribution in [1.29, 1.82) is 0 Å². The van der Waals surface area contributed by atoms with Crippen molar-refractivity contribution in [2.24, 2.45) is 0 Å². The zero-order chi connectivity index (χ0) is 13.2. The Morgan fingerprint density at radius 2 is 2.21 bits per heavy atom. The van der Waals surface area contributed by atoms with Gasteiger partial charge in [-0.25, -0.2) is 15.0 Å². The van der Waals surface area contributed by atoms with Crippen LogP contribution in [0.2, 0.25) is 0 Å². The van der Waals surface area contributed by atoms with Crippen LogP contribution in [0.25, 0.3) is 0 Å². The van der Waals surface area contributed by atoms with Gasteiger partial charge in [0, 0.05) is 28.8 Å². The molecular formula is C14H18N4S. The van der Waals surface area contributed by atoms with Gasteiger partial charge in [0.2, 0.25) is 0 Å². The van der Waals surface area contributed by atoms with Crippen molar-refractivity contribution < 1.29 is 0 Å². The van der Waals surface area contributed by atoms with Crippen LogP contribution < -0.4 is 5.32 Å². The number of aromatic nitrogens is 3. The number of thiazole rings is 1. The molecule has 0 saturated heterocycles. The van der Waals surface area contributed by atoms with Crippen LogP contribution in [0.4, 0.5) is 5.82 Å². The van der Waals surface area contributed by atoms with E-state index < -0.39 is 0 Å². The van der Waals surface area contributed by atoms with Gasteiger partial charge in [-0.1, -0.05) is 6.92 Å². The lowest BCUT2D eigenvalue weighted by atomic mass is 10.3. The van der Waals surface area contributed by atoms with E-state index in [1.165, 1.54) is 22.7 Å². The normalized spacial score (nSPS) is 14.6. The van der Waals surface area contributed by atoms with Crippen LogP contribution in [0.3, 0.4) is 0 Å². The van der Waals surface area contributed by atoms with E-state index in [9.17, 15) is 0 Å². The summed E-state index contributed by atoms with van der Waals surface area (Å²) in [5.74, 6) is 2.47. The average molecular weight is 274 g/mol. The van der Waals surface area contributed by atoms with Gasteiger partial charge in [-0.3, -0.25) is 0 Å². The molecule has 2 aromatic heterocycles. The molecule has 0 amide bonds. The minimum atomic E-state index is 0.742. The standard InChI is InChI=1S/C14H18N4S/c1-3-11-6-13(18-9(2)17-11)15-7-12-8-16-14(19-12)10-4-5-10/h6,8,10H,3-5,7H2,1-2H3,(H,15,17,18). The molecule has 1 N–H and O–H groups in total. The highest BCUT2D eigenvalue weighted by atomic mass is 32.1. The number of rotatable bonds is 5. The SMILES string of the molecule is CCc1cc(NCc2cnc(C3CC3)s2)nc(C)n1. The summed E-state index contributed by atoms with van der Waals surface area (Å²) < 4.78 is 0. The van der Waals surface area contributed by atoms with Crippen molar-refractivity contribution in [2.75, 3.05) is 5.32 Å². The number of hydrogen-bond acceptors (Lipinski definition) is 5. The van der Waals surface area contributed by atoms with Gasteiger partial charge in [0.15, 0.2) is 0 Å². The van der Waals surface area contributed by atoms with Crippen LogP contribution in [0, 0.1) is 6.92 Å². The lowest BCUT2D eigenvalue weighted by Gasteiger charge is -2.06. The molecule has 19 heavy (non-hydrogen) atoms. The highest BCUT2D eigenvalue weighted by Gasteiger charge is 2.26. The molecule has 0 aliphatic heterocycles. The molecule has 4 nitrogen and oxygen atoms in total. The lowest BCUT2D eigenvalue weighted by molar-refractivity contribution is 0.942. The summed E-state index contributed by atoms with van der Waals surface area (Å²) in [6, 6.07) is 2.02. The number of anilines is 1. The van der Waals surface area contributed by atoms with Crippen molar-refractivity contribution >= 4 is 17.2 Å². The quantitative estimate of drug-likeness (QED) is 0.909. The first-order valence-electron chi connectivity index (χ1n) is 6.77. The van der Waals surface area contributed by atoms with Crippen molar-refractivity contribution in [1.82, 2.24) is 15.0 Å². The Labute approximate surface area is 117 Å². The molecule has 0 aromatic carbocycles.